The number of hydrogen-bond acceptors (Lipinski definition) is 2. The van der Waals surface area contributed by atoms with Gasteiger partial charge in [0.15, 0.2) is 0 Å². The Kier molecular flexibility index (Phi) is 6.76. The summed E-state index contributed by atoms with van der Waals surface area (Å²) in [6, 6.07) is 0.307. The Balaban J connectivity index is 3.93. The molecule has 0 aliphatic rings. The molecule has 3 N–H and O–H groups in total. The van der Waals surface area contributed by atoms with Gasteiger partial charge >= 0.3 is 0 Å². The zero-order valence-corrected chi connectivity index (χ0v) is 12.3. The van der Waals surface area contributed by atoms with E-state index in [9.17, 15) is 4.79 Å². The Labute approximate surface area is 107 Å². The summed E-state index contributed by atoms with van der Waals surface area (Å²) in [4.78, 5) is 11.8. The van der Waals surface area contributed by atoms with Crippen LogP contribution in [-0.4, -0.2) is 18.0 Å². The van der Waals surface area contributed by atoms with Crippen molar-refractivity contribution in [1.82, 2.24) is 5.32 Å². The highest BCUT2D eigenvalue weighted by molar-refractivity contribution is 5.76. The first-order valence-corrected chi connectivity index (χ1v) is 6.65. The van der Waals surface area contributed by atoms with Gasteiger partial charge in [-0.15, -0.1) is 0 Å². The molecule has 17 heavy (non-hydrogen) atoms. The first-order chi connectivity index (χ1) is 7.60. The smallest absolute Gasteiger partial charge is 0.220 e. The number of hydrogen-bond donors (Lipinski definition) is 2. The first-order valence-electron chi connectivity index (χ1n) is 6.65. The van der Waals surface area contributed by atoms with Crippen LogP contribution in [-0.2, 0) is 4.79 Å². The fraction of sp³-hybridized carbons (Fsp3) is 0.929. The average molecular weight is 242 g/mol. The lowest BCUT2D eigenvalue weighted by Gasteiger charge is -2.23. The Hall–Kier alpha value is -0.570. The van der Waals surface area contributed by atoms with E-state index in [1.165, 1.54) is 0 Å². The van der Waals surface area contributed by atoms with Crippen molar-refractivity contribution in [3.63, 3.8) is 0 Å². The molecule has 0 saturated carbocycles. The second kappa shape index (κ2) is 7.00. The zero-order chi connectivity index (χ0) is 13.6. The molecular weight excluding hydrogens is 212 g/mol. The third-order valence-corrected chi connectivity index (χ3v) is 2.63. The van der Waals surface area contributed by atoms with Gasteiger partial charge in [0.05, 0.1) is 0 Å². The van der Waals surface area contributed by atoms with Crippen LogP contribution in [0.5, 0.6) is 0 Å². The number of nitrogens with two attached hydrogens (primary N) is 1. The molecule has 0 aliphatic carbocycles. The van der Waals surface area contributed by atoms with Crippen molar-refractivity contribution in [3.8, 4) is 0 Å². The highest BCUT2D eigenvalue weighted by Crippen LogP contribution is 2.25. The maximum absolute atomic E-state index is 11.8. The van der Waals surface area contributed by atoms with Gasteiger partial charge in [0.1, 0.15) is 0 Å². The minimum absolute atomic E-state index is 0.136. The van der Waals surface area contributed by atoms with Crippen molar-refractivity contribution < 1.29 is 4.79 Å². The lowest BCUT2D eigenvalue weighted by atomic mass is 9.84. The number of rotatable bonds is 6. The predicted molar refractivity (Wildman–Crippen MR) is 73.7 cm³/mol. The maximum atomic E-state index is 11.8. The van der Waals surface area contributed by atoms with E-state index in [1.807, 2.05) is 13.8 Å². The number of carbonyl (C=O) groups excluding carboxylic acids is 1. The summed E-state index contributed by atoms with van der Waals surface area (Å²) >= 11 is 0. The van der Waals surface area contributed by atoms with Crippen LogP contribution in [0.1, 0.15) is 60.8 Å². The molecule has 3 atom stereocenters. The summed E-state index contributed by atoms with van der Waals surface area (Å²) in [5.74, 6) is 0.576. The summed E-state index contributed by atoms with van der Waals surface area (Å²) in [6.07, 6.45) is 2.52. The Bertz CT molecular complexity index is 231. The van der Waals surface area contributed by atoms with Gasteiger partial charge in [0.2, 0.25) is 5.91 Å². The number of amides is 1. The van der Waals surface area contributed by atoms with Crippen LogP contribution < -0.4 is 11.1 Å². The Morgan fingerprint density at radius 2 is 1.76 bits per heavy atom. The van der Waals surface area contributed by atoms with Crippen molar-refractivity contribution in [2.24, 2.45) is 17.1 Å². The third-order valence-electron chi connectivity index (χ3n) is 2.63. The van der Waals surface area contributed by atoms with Gasteiger partial charge in [-0.05, 0) is 38.0 Å². The highest BCUT2D eigenvalue weighted by atomic mass is 16.1. The lowest BCUT2D eigenvalue weighted by molar-refractivity contribution is -0.122. The third kappa shape index (κ3) is 10.3. The molecule has 0 aromatic carbocycles. The number of nitrogens with one attached hydrogen (secondary N) is 1. The molecular formula is C14H30N2O. The van der Waals surface area contributed by atoms with Crippen molar-refractivity contribution in [2.45, 2.75) is 72.9 Å². The van der Waals surface area contributed by atoms with E-state index in [-0.39, 0.29) is 23.4 Å². The van der Waals surface area contributed by atoms with Gasteiger partial charge in [-0.1, -0.05) is 27.7 Å². The van der Waals surface area contributed by atoms with Crippen LogP contribution in [0.15, 0.2) is 0 Å². The van der Waals surface area contributed by atoms with Crippen LogP contribution in [0.25, 0.3) is 0 Å². The average Bonchev–Trinajstić information content (AvgIpc) is 1.95. The minimum Gasteiger partial charge on any atom is -0.354 e. The Morgan fingerprint density at radius 3 is 2.18 bits per heavy atom. The molecule has 0 aromatic heterocycles. The van der Waals surface area contributed by atoms with E-state index in [2.05, 4.69) is 33.0 Å². The van der Waals surface area contributed by atoms with Crippen LogP contribution in [0.3, 0.4) is 0 Å². The molecule has 0 bridgehead atoms. The summed E-state index contributed by atoms with van der Waals surface area (Å²) in [5.41, 5.74) is 5.99. The highest BCUT2D eigenvalue weighted by Gasteiger charge is 2.18. The zero-order valence-electron chi connectivity index (χ0n) is 12.3. The Morgan fingerprint density at radius 1 is 1.24 bits per heavy atom. The fourth-order valence-corrected chi connectivity index (χ4v) is 2.38. The van der Waals surface area contributed by atoms with Crippen molar-refractivity contribution in [2.75, 3.05) is 0 Å². The monoisotopic (exact) mass is 242 g/mol. The first kappa shape index (κ1) is 16.4. The second-order valence-electron chi connectivity index (χ2n) is 6.76. The maximum Gasteiger partial charge on any atom is 0.220 e. The minimum atomic E-state index is 0.136. The van der Waals surface area contributed by atoms with Crippen molar-refractivity contribution >= 4 is 5.91 Å². The van der Waals surface area contributed by atoms with E-state index < -0.39 is 0 Å². The molecule has 0 fully saturated rings. The number of carbonyl (C=O) groups is 1. The molecule has 3 heteroatoms. The summed E-state index contributed by atoms with van der Waals surface area (Å²) < 4.78 is 0. The van der Waals surface area contributed by atoms with Gasteiger partial charge in [0.25, 0.3) is 0 Å². The summed E-state index contributed by atoms with van der Waals surface area (Å²) in [6.45, 7) is 12.7. The SMILES string of the molecule is CC(N)CC(C)NC(=O)CC(C)CC(C)(C)C. The van der Waals surface area contributed by atoms with Gasteiger partial charge in [-0.25, -0.2) is 0 Å². The molecule has 3 nitrogen and oxygen atoms in total. The van der Waals surface area contributed by atoms with E-state index >= 15 is 0 Å². The molecule has 0 radical (unpaired) electrons. The van der Waals surface area contributed by atoms with Crippen molar-refractivity contribution in [3.05, 3.63) is 0 Å². The van der Waals surface area contributed by atoms with Gasteiger partial charge in [0, 0.05) is 18.5 Å². The van der Waals surface area contributed by atoms with E-state index in [0.29, 0.717) is 12.3 Å². The quantitative estimate of drug-likeness (QED) is 0.752. The topological polar surface area (TPSA) is 55.1 Å². The molecule has 0 aromatic rings. The molecule has 0 heterocycles. The lowest BCUT2D eigenvalue weighted by Crippen LogP contribution is -2.37. The van der Waals surface area contributed by atoms with Crippen LogP contribution in [0, 0.1) is 11.3 Å². The summed E-state index contributed by atoms with van der Waals surface area (Å²) in [5, 5.41) is 3.01. The van der Waals surface area contributed by atoms with E-state index in [0.717, 1.165) is 12.8 Å². The van der Waals surface area contributed by atoms with E-state index in [1.54, 1.807) is 0 Å². The molecule has 0 rings (SSSR count). The molecule has 0 saturated heterocycles. The van der Waals surface area contributed by atoms with Crippen LogP contribution in [0.2, 0.25) is 0 Å². The molecule has 102 valence electrons. The standard InChI is InChI=1S/C14H30N2O/c1-10(9-14(4,5)6)7-13(17)16-12(3)8-11(2)15/h10-12H,7-9,15H2,1-6H3,(H,16,17). The van der Waals surface area contributed by atoms with E-state index in [4.69, 9.17) is 5.73 Å². The second-order valence-corrected chi connectivity index (χ2v) is 6.76. The molecule has 0 aliphatic heterocycles. The van der Waals surface area contributed by atoms with Crippen molar-refractivity contribution in [1.29, 1.82) is 0 Å². The van der Waals surface area contributed by atoms with Crippen LogP contribution >= 0.6 is 0 Å². The fourth-order valence-electron chi connectivity index (χ4n) is 2.38. The normalized spacial score (nSPS) is 17.4. The largest absolute Gasteiger partial charge is 0.354 e. The van der Waals surface area contributed by atoms with Gasteiger partial charge < -0.3 is 11.1 Å². The molecule has 0 spiro atoms. The van der Waals surface area contributed by atoms with Gasteiger partial charge in [-0.3, -0.25) is 4.79 Å². The van der Waals surface area contributed by atoms with Gasteiger partial charge in [-0.2, -0.15) is 0 Å². The molecule has 3 unspecified atom stereocenters. The predicted octanol–water partition coefficient (Wildman–Crippen LogP) is 2.69. The van der Waals surface area contributed by atoms with Crippen LogP contribution in [0.4, 0.5) is 0 Å². The molecule has 1 amide bonds. The summed E-state index contributed by atoms with van der Waals surface area (Å²) in [7, 11) is 0.